The van der Waals surface area contributed by atoms with Crippen LogP contribution in [0.25, 0.3) is 10.4 Å². The molecule has 0 radical (unpaired) electrons. The molecular weight excluding hydrogens is 236 g/mol. The Morgan fingerprint density at radius 3 is 2.71 bits per heavy atom. The van der Waals surface area contributed by atoms with Gasteiger partial charge in [0.15, 0.2) is 9.84 Å². The highest BCUT2D eigenvalue weighted by atomic mass is 32.2. The first-order valence-corrected chi connectivity index (χ1v) is 6.43. The smallest absolute Gasteiger partial charge is 0.226 e. The van der Waals surface area contributed by atoms with Crippen LogP contribution in [-0.2, 0) is 9.84 Å². The van der Waals surface area contributed by atoms with Gasteiger partial charge in [0.1, 0.15) is 0 Å². The SMILES string of the molecule is [C-]#[N+]/C(C#N)=C1\c2ccccc2S(=O)(=O)[C@H]1C. The van der Waals surface area contributed by atoms with Crippen molar-refractivity contribution in [2.24, 2.45) is 0 Å². The number of benzene rings is 1. The molecule has 84 valence electrons. The fourth-order valence-electron chi connectivity index (χ4n) is 1.97. The van der Waals surface area contributed by atoms with E-state index in [0.717, 1.165) is 0 Å². The lowest BCUT2D eigenvalue weighted by Gasteiger charge is -2.04. The molecule has 0 aliphatic carbocycles. The Bertz CT molecular complexity index is 687. The average Bonchev–Trinajstić information content (AvgIpc) is 2.53. The highest BCUT2D eigenvalue weighted by molar-refractivity contribution is 7.93. The molecule has 0 N–H and O–H groups in total. The molecule has 0 fully saturated rings. The third kappa shape index (κ3) is 1.44. The number of sulfone groups is 1. The van der Waals surface area contributed by atoms with E-state index in [9.17, 15) is 8.42 Å². The zero-order valence-corrected chi connectivity index (χ0v) is 9.82. The van der Waals surface area contributed by atoms with E-state index in [0.29, 0.717) is 11.1 Å². The van der Waals surface area contributed by atoms with Gasteiger partial charge in [-0.2, -0.15) is 0 Å². The van der Waals surface area contributed by atoms with Gasteiger partial charge in [0, 0.05) is 0 Å². The van der Waals surface area contributed by atoms with Crippen molar-refractivity contribution < 1.29 is 8.42 Å². The molecule has 0 bridgehead atoms. The summed E-state index contributed by atoms with van der Waals surface area (Å²) in [5, 5.41) is 8.05. The Morgan fingerprint density at radius 2 is 2.12 bits per heavy atom. The maximum atomic E-state index is 12.1. The molecule has 4 nitrogen and oxygen atoms in total. The molecule has 0 saturated carbocycles. The van der Waals surface area contributed by atoms with Crippen LogP contribution in [0.15, 0.2) is 34.9 Å². The van der Waals surface area contributed by atoms with Crippen molar-refractivity contribution in [3.8, 4) is 6.07 Å². The number of hydrogen-bond acceptors (Lipinski definition) is 3. The molecule has 1 aliphatic heterocycles. The normalized spacial score (nSPS) is 23.4. The molecule has 1 aliphatic rings. The van der Waals surface area contributed by atoms with Crippen molar-refractivity contribution >= 4 is 15.4 Å². The number of hydrogen-bond donors (Lipinski definition) is 0. The largest absolute Gasteiger partial charge is 0.266 e. The van der Waals surface area contributed by atoms with Crippen LogP contribution in [0.2, 0.25) is 0 Å². The molecule has 1 aromatic rings. The predicted molar refractivity (Wildman–Crippen MR) is 62.2 cm³/mol. The van der Waals surface area contributed by atoms with Gasteiger partial charge < -0.3 is 0 Å². The van der Waals surface area contributed by atoms with E-state index in [1.807, 2.05) is 0 Å². The Morgan fingerprint density at radius 1 is 1.47 bits per heavy atom. The molecule has 1 aromatic carbocycles. The number of nitrogens with zero attached hydrogens (tertiary/aromatic N) is 2. The monoisotopic (exact) mass is 244 g/mol. The first-order valence-electron chi connectivity index (χ1n) is 4.89. The lowest BCUT2D eigenvalue weighted by Crippen LogP contribution is -2.11. The van der Waals surface area contributed by atoms with E-state index in [1.54, 1.807) is 24.3 Å². The van der Waals surface area contributed by atoms with Crippen molar-refractivity contribution in [2.45, 2.75) is 17.1 Å². The Kier molecular flexibility index (Phi) is 2.49. The number of allylic oxidation sites excluding steroid dienone is 1. The second-order valence-corrected chi connectivity index (χ2v) is 5.91. The zero-order valence-electron chi connectivity index (χ0n) is 9.01. The lowest BCUT2D eigenvalue weighted by atomic mass is 10.0. The summed E-state index contributed by atoms with van der Waals surface area (Å²) in [5.74, 6) is 0. The summed E-state index contributed by atoms with van der Waals surface area (Å²) in [6.45, 7) is 8.44. The van der Waals surface area contributed by atoms with E-state index in [4.69, 9.17) is 11.8 Å². The van der Waals surface area contributed by atoms with E-state index in [-0.39, 0.29) is 10.6 Å². The van der Waals surface area contributed by atoms with Crippen LogP contribution in [0.4, 0.5) is 0 Å². The topological polar surface area (TPSA) is 62.3 Å². The Labute approximate surface area is 99.5 Å². The third-order valence-electron chi connectivity index (χ3n) is 2.83. The van der Waals surface area contributed by atoms with Gasteiger partial charge in [-0.3, -0.25) is 0 Å². The number of rotatable bonds is 0. The fourth-order valence-corrected chi connectivity index (χ4v) is 3.65. The zero-order chi connectivity index (χ0) is 12.6. The molecule has 0 amide bonds. The maximum absolute atomic E-state index is 12.1. The van der Waals surface area contributed by atoms with Gasteiger partial charge in [-0.25, -0.2) is 18.5 Å². The van der Waals surface area contributed by atoms with Gasteiger partial charge in [-0.1, -0.05) is 18.2 Å². The molecule has 0 saturated heterocycles. The van der Waals surface area contributed by atoms with E-state index in [1.165, 1.54) is 13.0 Å². The minimum Gasteiger partial charge on any atom is -0.226 e. The average molecular weight is 244 g/mol. The van der Waals surface area contributed by atoms with Gasteiger partial charge in [-0.05, 0) is 24.1 Å². The maximum Gasteiger partial charge on any atom is 0.266 e. The minimum absolute atomic E-state index is 0.147. The van der Waals surface area contributed by atoms with Crippen molar-refractivity contribution in [3.63, 3.8) is 0 Å². The first kappa shape index (κ1) is 11.4. The molecule has 0 spiro atoms. The predicted octanol–water partition coefficient (Wildman–Crippen LogP) is 2.02. The van der Waals surface area contributed by atoms with E-state index >= 15 is 0 Å². The molecular formula is C12H8N2O2S. The summed E-state index contributed by atoms with van der Waals surface area (Å²) in [6, 6.07) is 8.24. The summed E-state index contributed by atoms with van der Waals surface area (Å²) in [6.07, 6.45) is 0. The van der Waals surface area contributed by atoms with Gasteiger partial charge in [0.25, 0.3) is 5.70 Å². The van der Waals surface area contributed by atoms with Crippen LogP contribution in [-0.4, -0.2) is 13.7 Å². The van der Waals surface area contributed by atoms with Crippen LogP contribution in [0, 0.1) is 17.9 Å². The fraction of sp³-hybridized carbons (Fsp3) is 0.167. The lowest BCUT2D eigenvalue weighted by molar-refractivity contribution is 0.595. The van der Waals surface area contributed by atoms with Crippen LogP contribution in [0.3, 0.4) is 0 Å². The second kappa shape index (κ2) is 3.73. The molecule has 2 rings (SSSR count). The van der Waals surface area contributed by atoms with Crippen LogP contribution in [0.5, 0.6) is 0 Å². The standard InChI is InChI=1S/C12H8N2O2S/c1-8-12(10(7-13)14-2)9-5-3-4-6-11(9)17(8,15)16/h3-6,8H,1H3/b12-10-/t8-/m0/s1. The van der Waals surface area contributed by atoms with Gasteiger partial charge in [-0.15, -0.1) is 0 Å². The molecule has 0 aromatic heterocycles. The van der Waals surface area contributed by atoms with Crippen LogP contribution < -0.4 is 0 Å². The van der Waals surface area contributed by atoms with Gasteiger partial charge in [0.2, 0.25) is 0 Å². The second-order valence-electron chi connectivity index (χ2n) is 3.67. The van der Waals surface area contributed by atoms with Gasteiger partial charge in [0.05, 0.1) is 22.8 Å². The number of nitriles is 1. The van der Waals surface area contributed by atoms with Crippen molar-refractivity contribution in [2.75, 3.05) is 0 Å². The summed E-state index contributed by atoms with van der Waals surface area (Å²) in [7, 11) is -3.45. The molecule has 0 unspecified atom stereocenters. The van der Waals surface area contributed by atoms with Crippen LogP contribution in [0.1, 0.15) is 12.5 Å². The minimum atomic E-state index is -3.45. The van der Waals surface area contributed by atoms with E-state index < -0.39 is 15.1 Å². The highest BCUT2D eigenvalue weighted by Gasteiger charge is 2.39. The summed E-state index contributed by atoms with van der Waals surface area (Å²) in [5.41, 5.74) is 0.650. The summed E-state index contributed by atoms with van der Waals surface area (Å²) < 4.78 is 24.2. The molecule has 17 heavy (non-hydrogen) atoms. The van der Waals surface area contributed by atoms with Crippen molar-refractivity contribution in [3.05, 3.63) is 46.9 Å². The van der Waals surface area contributed by atoms with E-state index in [2.05, 4.69) is 4.85 Å². The quantitative estimate of drug-likeness (QED) is 0.518. The van der Waals surface area contributed by atoms with Crippen molar-refractivity contribution in [1.82, 2.24) is 0 Å². The van der Waals surface area contributed by atoms with Gasteiger partial charge >= 0.3 is 0 Å². The third-order valence-corrected chi connectivity index (χ3v) is 4.96. The Hall–Kier alpha value is -2.11. The first-order chi connectivity index (χ1) is 8.04. The molecule has 5 heteroatoms. The summed E-state index contributed by atoms with van der Waals surface area (Å²) >= 11 is 0. The molecule has 1 atom stereocenters. The van der Waals surface area contributed by atoms with Crippen molar-refractivity contribution in [1.29, 1.82) is 5.26 Å². The van der Waals surface area contributed by atoms with Crippen LogP contribution >= 0.6 is 0 Å². The Balaban J connectivity index is 2.91. The molecule has 1 heterocycles. The number of fused-ring (bicyclic) bond motifs is 1. The highest BCUT2D eigenvalue weighted by Crippen LogP contribution is 2.41. The summed E-state index contributed by atoms with van der Waals surface area (Å²) in [4.78, 5) is 3.31.